The summed E-state index contributed by atoms with van der Waals surface area (Å²) in [5.41, 5.74) is 8.63. The Labute approximate surface area is 334 Å². The Balaban J connectivity index is 1.03. The maximum absolute atomic E-state index is 5.14. The van der Waals surface area contributed by atoms with Crippen LogP contribution in [0.15, 0.2) is 200 Å². The molecule has 3 nitrogen and oxygen atoms in total. The Morgan fingerprint density at radius 1 is 0.281 bits per heavy atom. The van der Waals surface area contributed by atoms with Crippen LogP contribution in [0.3, 0.4) is 0 Å². The first-order valence-electron chi connectivity index (χ1n) is 19.2. The third-order valence-corrected chi connectivity index (χ3v) is 12.1. The van der Waals surface area contributed by atoms with Crippen molar-refractivity contribution in [2.24, 2.45) is 0 Å². The lowest BCUT2D eigenvalue weighted by molar-refractivity contribution is 1.07. The summed E-state index contributed by atoms with van der Waals surface area (Å²) in [4.78, 5) is 16.6. The fourth-order valence-electron chi connectivity index (χ4n) is 8.06. The molecule has 0 N–H and O–H groups in total. The van der Waals surface area contributed by atoms with Gasteiger partial charge in [-0.2, -0.15) is 0 Å². The molecule has 11 rings (SSSR count). The summed E-state index contributed by atoms with van der Waals surface area (Å²) >= 11 is 1.81. The minimum absolute atomic E-state index is 0.633. The van der Waals surface area contributed by atoms with Gasteiger partial charge < -0.3 is 0 Å². The highest BCUT2D eigenvalue weighted by molar-refractivity contribution is 7.22. The topological polar surface area (TPSA) is 38.7 Å². The van der Waals surface area contributed by atoms with E-state index in [1.807, 2.05) is 17.4 Å². The van der Waals surface area contributed by atoms with Gasteiger partial charge in [0.1, 0.15) is 0 Å². The Hall–Kier alpha value is -7.27. The Morgan fingerprint density at radius 3 is 1.58 bits per heavy atom. The number of hydrogen-bond donors (Lipinski definition) is 0. The molecule has 11 aromatic rings. The number of thiophene rings is 1. The lowest BCUT2D eigenvalue weighted by atomic mass is 9.89. The highest BCUT2D eigenvalue weighted by Crippen LogP contribution is 2.40. The second-order valence-electron chi connectivity index (χ2n) is 14.4. The Bertz CT molecular complexity index is 3240. The number of fused-ring (bicyclic) bond motifs is 5. The standard InChI is InChI=1S/C53H33N3S/c1-2-11-34(12-3-1)40-16-10-17-43(31-40)53-55-51(38-25-21-36(22-26-38)49-33-42-15-6-9-20-48(42)57-49)54-52(56-53)39-27-23-37(24-28-39)50-45-19-8-5-14-41(45)32-47-44-18-7-4-13-35(44)29-30-46(47)50/h1-33H. The fourth-order valence-corrected chi connectivity index (χ4v) is 9.12. The molecule has 0 saturated heterocycles. The van der Waals surface area contributed by atoms with E-state index in [9.17, 15) is 0 Å². The molecule has 2 aromatic heterocycles. The van der Waals surface area contributed by atoms with E-state index in [0.29, 0.717) is 17.5 Å². The maximum atomic E-state index is 5.14. The van der Waals surface area contributed by atoms with Gasteiger partial charge in [-0.3, -0.25) is 0 Å². The summed E-state index contributed by atoms with van der Waals surface area (Å²) in [5.74, 6) is 1.91. The van der Waals surface area contributed by atoms with E-state index in [1.165, 1.54) is 58.4 Å². The number of rotatable bonds is 6. The summed E-state index contributed by atoms with van der Waals surface area (Å²) in [5, 5.41) is 8.72. The van der Waals surface area contributed by atoms with Crippen LogP contribution in [-0.4, -0.2) is 15.0 Å². The first-order chi connectivity index (χ1) is 28.2. The van der Waals surface area contributed by atoms with Crippen LogP contribution in [0.5, 0.6) is 0 Å². The molecule has 0 amide bonds. The number of hydrogen-bond acceptors (Lipinski definition) is 4. The van der Waals surface area contributed by atoms with Gasteiger partial charge in [0.15, 0.2) is 17.5 Å². The zero-order valence-electron chi connectivity index (χ0n) is 30.8. The molecule has 0 fully saturated rings. The predicted octanol–water partition coefficient (Wildman–Crippen LogP) is 14.5. The quantitative estimate of drug-likeness (QED) is 0.126. The van der Waals surface area contributed by atoms with Gasteiger partial charge in [-0.1, -0.05) is 176 Å². The fraction of sp³-hybridized carbons (Fsp3) is 0. The molecular weight excluding hydrogens is 711 g/mol. The highest BCUT2D eigenvalue weighted by Gasteiger charge is 2.16. The van der Waals surface area contributed by atoms with E-state index in [4.69, 9.17) is 15.0 Å². The molecule has 0 aliphatic heterocycles. The van der Waals surface area contributed by atoms with Crippen molar-refractivity contribution in [1.82, 2.24) is 15.0 Å². The van der Waals surface area contributed by atoms with Gasteiger partial charge in [-0.25, -0.2) is 15.0 Å². The molecule has 57 heavy (non-hydrogen) atoms. The molecule has 266 valence electrons. The monoisotopic (exact) mass is 743 g/mol. The number of aromatic nitrogens is 3. The average molecular weight is 744 g/mol. The van der Waals surface area contributed by atoms with Crippen LogP contribution in [0, 0.1) is 0 Å². The van der Waals surface area contributed by atoms with Gasteiger partial charge >= 0.3 is 0 Å². The molecule has 4 heteroatoms. The van der Waals surface area contributed by atoms with Gasteiger partial charge in [0.25, 0.3) is 0 Å². The van der Waals surface area contributed by atoms with Crippen LogP contribution in [0.2, 0.25) is 0 Å². The van der Waals surface area contributed by atoms with Gasteiger partial charge in [0.2, 0.25) is 0 Å². The van der Waals surface area contributed by atoms with Crippen LogP contribution in [-0.2, 0) is 0 Å². The van der Waals surface area contributed by atoms with Crippen molar-refractivity contribution in [2.45, 2.75) is 0 Å². The summed E-state index contributed by atoms with van der Waals surface area (Å²) in [6.45, 7) is 0. The van der Waals surface area contributed by atoms with Gasteiger partial charge in [-0.05, 0) is 89.8 Å². The van der Waals surface area contributed by atoms with Gasteiger partial charge in [-0.15, -0.1) is 11.3 Å². The van der Waals surface area contributed by atoms with E-state index >= 15 is 0 Å². The SMILES string of the molecule is c1ccc(-c2cccc(-c3nc(-c4ccc(-c5cc6ccccc6s5)cc4)nc(-c4ccc(-c5c6ccccc6cc6c5ccc5ccccc56)cc4)n3)c2)cc1. The van der Waals surface area contributed by atoms with Crippen LogP contribution in [0.4, 0.5) is 0 Å². The van der Waals surface area contributed by atoms with E-state index in [2.05, 4.69) is 194 Å². The third kappa shape index (κ3) is 6.04. The molecule has 9 aromatic carbocycles. The summed E-state index contributed by atoms with van der Waals surface area (Å²) in [7, 11) is 0. The van der Waals surface area contributed by atoms with Gasteiger partial charge in [0, 0.05) is 26.3 Å². The normalized spacial score (nSPS) is 11.5. The highest BCUT2D eigenvalue weighted by atomic mass is 32.1. The van der Waals surface area contributed by atoms with Crippen molar-refractivity contribution in [3.63, 3.8) is 0 Å². The van der Waals surface area contributed by atoms with E-state index < -0.39 is 0 Å². The molecular formula is C53H33N3S. The van der Waals surface area contributed by atoms with Crippen molar-refractivity contribution < 1.29 is 0 Å². The molecule has 0 radical (unpaired) electrons. The van der Waals surface area contributed by atoms with Crippen LogP contribution < -0.4 is 0 Å². The van der Waals surface area contributed by atoms with Crippen molar-refractivity contribution in [1.29, 1.82) is 0 Å². The first kappa shape index (κ1) is 33.1. The Morgan fingerprint density at radius 2 is 0.842 bits per heavy atom. The number of benzene rings is 9. The zero-order chi connectivity index (χ0) is 37.7. The Kier molecular flexibility index (Phi) is 8.01. The molecule has 0 saturated carbocycles. The third-order valence-electron chi connectivity index (χ3n) is 10.9. The van der Waals surface area contributed by atoms with Crippen molar-refractivity contribution >= 4 is 53.7 Å². The van der Waals surface area contributed by atoms with E-state index in [0.717, 1.165) is 33.4 Å². The second kappa shape index (κ2) is 13.8. The first-order valence-corrected chi connectivity index (χ1v) is 20.0. The molecule has 0 atom stereocenters. The summed E-state index contributed by atoms with van der Waals surface area (Å²) in [6, 6.07) is 71.2. The molecule has 0 unspecified atom stereocenters. The minimum atomic E-state index is 0.633. The lowest BCUT2D eigenvalue weighted by Crippen LogP contribution is -2.00. The van der Waals surface area contributed by atoms with Crippen molar-refractivity contribution in [3.05, 3.63) is 200 Å². The van der Waals surface area contributed by atoms with E-state index in [1.54, 1.807) is 0 Å². The van der Waals surface area contributed by atoms with Crippen LogP contribution in [0.25, 0.3) is 109 Å². The molecule has 0 bridgehead atoms. The van der Waals surface area contributed by atoms with Crippen LogP contribution in [0.1, 0.15) is 0 Å². The molecule has 2 heterocycles. The molecule has 0 spiro atoms. The number of nitrogens with zero attached hydrogens (tertiary/aromatic N) is 3. The van der Waals surface area contributed by atoms with Crippen LogP contribution >= 0.6 is 11.3 Å². The second-order valence-corrected chi connectivity index (χ2v) is 15.5. The smallest absolute Gasteiger partial charge is 0.164 e. The summed E-state index contributed by atoms with van der Waals surface area (Å²) < 4.78 is 1.29. The average Bonchev–Trinajstić information content (AvgIpc) is 3.73. The largest absolute Gasteiger partial charge is 0.208 e. The van der Waals surface area contributed by atoms with E-state index in [-0.39, 0.29) is 0 Å². The van der Waals surface area contributed by atoms with Gasteiger partial charge in [0.05, 0.1) is 0 Å². The predicted molar refractivity (Wildman–Crippen MR) is 240 cm³/mol. The summed E-state index contributed by atoms with van der Waals surface area (Å²) in [6.07, 6.45) is 0. The minimum Gasteiger partial charge on any atom is -0.208 e. The van der Waals surface area contributed by atoms with Crippen molar-refractivity contribution in [3.8, 4) is 66.9 Å². The zero-order valence-corrected chi connectivity index (χ0v) is 31.6. The lowest BCUT2D eigenvalue weighted by Gasteiger charge is -2.14. The molecule has 0 aliphatic carbocycles. The van der Waals surface area contributed by atoms with Crippen molar-refractivity contribution in [2.75, 3.05) is 0 Å². The molecule has 0 aliphatic rings. The maximum Gasteiger partial charge on any atom is 0.164 e.